The van der Waals surface area contributed by atoms with Crippen molar-refractivity contribution in [2.24, 2.45) is 0 Å². The molecule has 9 aromatic rings. The third-order valence-corrected chi connectivity index (χ3v) is 13.3. The molecule has 8 aromatic carbocycles. The van der Waals surface area contributed by atoms with Crippen LogP contribution in [0.1, 0.15) is 34.7 Å². The zero-order valence-corrected chi connectivity index (χ0v) is 33.0. The Balaban J connectivity index is 1.14. The molecule has 0 saturated heterocycles. The smallest absolute Gasteiger partial charge is 0.0731 e. The molecule has 1 unspecified atom stereocenters. The standard InChI is InChI=1S/C56H39NS/c1-3-40(33-32-37(2)38-18-6-4-7-19-38)57(41-21-8-5-9-22-41)42-23-16-20-39(36-42)43-27-17-28-45-44-24-10-13-29-48(44)56(55(43)45)49-30-14-11-25-46(49)53-50(56)34-35-52-54(53)47-26-12-15-31-51(47)58-52/h3-36H,2H2,1H3/b33-32-,40-3+. The van der Waals surface area contributed by atoms with E-state index in [1.807, 2.05) is 17.4 Å². The molecule has 0 bridgehead atoms. The first-order chi connectivity index (χ1) is 28.7. The third-order valence-electron chi connectivity index (χ3n) is 12.2. The fourth-order valence-corrected chi connectivity index (χ4v) is 10.9. The number of anilines is 2. The zero-order valence-electron chi connectivity index (χ0n) is 32.2. The molecule has 11 rings (SSSR count). The van der Waals surface area contributed by atoms with Gasteiger partial charge in [0, 0.05) is 37.2 Å². The lowest BCUT2D eigenvalue weighted by Gasteiger charge is -2.32. The Morgan fingerprint density at radius 2 is 1.17 bits per heavy atom. The van der Waals surface area contributed by atoms with Crippen molar-refractivity contribution in [3.05, 3.63) is 246 Å². The predicted octanol–water partition coefficient (Wildman–Crippen LogP) is 15.4. The summed E-state index contributed by atoms with van der Waals surface area (Å²) in [6.07, 6.45) is 6.49. The largest absolute Gasteiger partial charge is 0.311 e. The van der Waals surface area contributed by atoms with Crippen LogP contribution in [0.2, 0.25) is 0 Å². The molecule has 2 aliphatic rings. The number of nitrogens with zero attached hydrogens (tertiary/aromatic N) is 1. The molecule has 1 atom stereocenters. The van der Waals surface area contributed by atoms with Crippen molar-refractivity contribution in [2.75, 3.05) is 4.90 Å². The molecule has 58 heavy (non-hydrogen) atoms. The highest BCUT2D eigenvalue weighted by atomic mass is 32.1. The van der Waals surface area contributed by atoms with Gasteiger partial charge in [0.1, 0.15) is 0 Å². The van der Waals surface area contributed by atoms with E-state index < -0.39 is 5.41 Å². The van der Waals surface area contributed by atoms with Crippen LogP contribution in [0.3, 0.4) is 0 Å². The van der Waals surface area contributed by atoms with E-state index in [9.17, 15) is 0 Å². The molecule has 0 radical (unpaired) electrons. The van der Waals surface area contributed by atoms with Gasteiger partial charge in [0.05, 0.1) is 5.41 Å². The molecular weight excluding hydrogens is 719 g/mol. The monoisotopic (exact) mass is 757 g/mol. The number of rotatable bonds is 7. The first-order valence-corrected chi connectivity index (χ1v) is 20.8. The van der Waals surface area contributed by atoms with E-state index in [2.05, 4.69) is 219 Å². The summed E-state index contributed by atoms with van der Waals surface area (Å²) in [6.45, 7) is 6.51. The molecule has 2 aliphatic carbocycles. The van der Waals surface area contributed by atoms with Crippen LogP contribution in [0.15, 0.2) is 219 Å². The number of para-hydroxylation sites is 1. The second kappa shape index (κ2) is 13.6. The third kappa shape index (κ3) is 5.02. The Bertz CT molecular complexity index is 3150. The number of fused-ring (bicyclic) bond motifs is 14. The minimum Gasteiger partial charge on any atom is -0.311 e. The number of allylic oxidation sites excluding steroid dienone is 4. The van der Waals surface area contributed by atoms with E-state index in [-0.39, 0.29) is 0 Å². The molecule has 0 amide bonds. The SMILES string of the molecule is C=C(/C=C\C(=C/C)N(c1ccccc1)c1cccc(-c2cccc3c2C2(c4ccccc4-3)c3ccccc3-c3c2ccc2sc4ccccc4c32)c1)c1ccccc1. The maximum absolute atomic E-state index is 4.40. The van der Waals surface area contributed by atoms with Gasteiger partial charge in [0.25, 0.3) is 0 Å². The highest BCUT2D eigenvalue weighted by molar-refractivity contribution is 7.26. The molecule has 0 fully saturated rings. The first kappa shape index (κ1) is 34.3. The molecule has 0 N–H and O–H groups in total. The molecule has 1 heterocycles. The topological polar surface area (TPSA) is 3.24 Å². The van der Waals surface area contributed by atoms with Crippen LogP contribution in [0.5, 0.6) is 0 Å². The van der Waals surface area contributed by atoms with Crippen LogP contribution in [0.4, 0.5) is 11.4 Å². The first-order valence-electron chi connectivity index (χ1n) is 20.0. The van der Waals surface area contributed by atoms with Crippen molar-refractivity contribution in [2.45, 2.75) is 12.3 Å². The summed E-state index contributed by atoms with van der Waals surface area (Å²) in [7, 11) is 0. The molecular formula is C56H39NS. The molecule has 2 heteroatoms. The summed E-state index contributed by atoms with van der Waals surface area (Å²) in [5, 5.41) is 2.70. The van der Waals surface area contributed by atoms with Crippen LogP contribution in [-0.4, -0.2) is 0 Å². The van der Waals surface area contributed by atoms with Gasteiger partial charge in [0.15, 0.2) is 0 Å². The van der Waals surface area contributed by atoms with Gasteiger partial charge in [-0.1, -0.05) is 170 Å². The molecule has 0 aliphatic heterocycles. The molecule has 274 valence electrons. The van der Waals surface area contributed by atoms with Gasteiger partial charge in [0.2, 0.25) is 0 Å². The Kier molecular flexibility index (Phi) is 8.03. The Morgan fingerprint density at radius 3 is 1.98 bits per heavy atom. The Hall–Kier alpha value is -7.00. The van der Waals surface area contributed by atoms with Crippen LogP contribution >= 0.6 is 11.3 Å². The van der Waals surface area contributed by atoms with Gasteiger partial charge in [-0.3, -0.25) is 0 Å². The minimum absolute atomic E-state index is 0.490. The number of thiophene rings is 1. The lowest BCUT2D eigenvalue weighted by molar-refractivity contribution is 0.796. The summed E-state index contributed by atoms with van der Waals surface area (Å²) in [6, 6.07) is 69.1. The number of hydrogen-bond acceptors (Lipinski definition) is 2. The van der Waals surface area contributed by atoms with Crippen molar-refractivity contribution in [1.29, 1.82) is 0 Å². The lowest BCUT2D eigenvalue weighted by atomic mass is 9.68. The highest BCUT2D eigenvalue weighted by Crippen LogP contribution is 2.66. The molecule has 0 saturated carbocycles. The summed E-state index contributed by atoms with van der Waals surface area (Å²) >= 11 is 1.90. The van der Waals surface area contributed by atoms with E-state index in [1.54, 1.807) is 0 Å². The Morgan fingerprint density at radius 1 is 0.534 bits per heavy atom. The van der Waals surface area contributed by atoms with Crippen LogP contribution in [-0.2, 0) is 5.41 Å². The van der Waals surface area contributed by atoms with Crippen LogP contribution in [0, 0.1) is 0 Å². The summed E-state index contributed by atoms with van der Waals surface area (Å²) < 4.78 is 2.67. The van der Waals surface area contributed by atoms with E-state index in [1.165, 1.54) is 75.8 Å². The van der Waals surface area contributed by atoms with Gasteiger partial charge >= 0.3 is 0 Å². The van der Waals surface area contributed by atoms with Gasteiger partial charge < -0.3 is 4.90 Å². The normalized spacial score (nSPS) is 15.2. The zero-order chi connectivity index (χ0) is 38.8. The van der Waals surface area contributed by atoms with Crippen molar-refractivity contribution in [3.63, 3.8) is 0 Å². The van der Waals surface area contributed by atoms with Crippen LogP contribution in [0.25, 0.3) is 59.1 Å². The van der Waals surface area contributed by atoms with E-state index in [0.29, 0.717) is 0 Å². The maximum Gasteiger partial charge on any atom is 0.0731 e. The van der Waals surface area contributed by atoms with E-state index in [0.717, 1.165) is 28.2 Å². The van der Waals surface area contributed by atoms with Crippen molar-refractivity contribution >= 4 is 48.5 Å². The van der Waals surface area contributed by atoms with Gasteiger partial charge in [-0.25, -0.2) is 0 Å². The second-order valence-electron chi connectivity index (χ2n) is 15.2. The second-order valence-corrected chi connectivity index (χ2v) is 16.3. The fourth-order valence-electron chi connectivity index (χ4n) is 9.81. The summed E-state index contributed by atoms with van der Waals surface area (Å²) in [5.41, 5.74) is 18.0. The highest BCUT2D eigenvalue weighted by Gasteiger charge is 2.53. The average Bonchev–Trinajstić information content (AvgIpc) is 3.92. The predicted molar refractivity (Wildman–Crippen MR) is 248 cm³/mol. The van der Waals surface area contributed by atoms with Gasteiger partial charge in [-0.15, -0.1) is 11.3 Å². The van der Waals surface area contributed by atoms with Gasteiger partial charge in [-0.05, 0) is 116 Å². The Labute approximate surface area is 343 Å². The van der Waals surface area contributed by atoms with Gasteiger partial charge in [-0.2, -0.15) is 0 Å². The van der Waals surface area contributed by atoms with E-state index in [4.69, 9.17) is 0 Å². The van der Waals surface area contributed by atoms with Crippen LogP contribution < -0.4 is 4.90 Å². The van der Waals surface area contributed by atoms with Crippen molar-refractivity contribution in [3.8, 4) is 33.4 Å². The molecule has 1 spiro atoms. The fraction of sp³-hybridized carbons (Fsp3) is 0.0357. The van der Waals surface area contributed by atoms with E-state index >= 15 is 0 Å². The summed E-state index contributed by atoms with van der Waals surface area (Å²) in [5.74, 6) is 0. The van der Waals surface area contributed by atoms with Crippen molar-refractivity contribution in [1.82, 2.24) is 0 Å². The van der Waals surface area contributed by atoms with Crippen molar-refractivity contribution < 1.29 is 0 Å². The summed E-state index contributed by atoms with van der Waals surface area (Å²) in [4.78, 5) is 2.35. The average molecular weight is 758 g/mol. The maximum atomic E-state index is 4.40. The lowest BCUT2D eigenvalue weighted by Crippen LogP contribution is -2.26. The molecule has 1 nitrogen and oxygen atoms in total. The minimum atomic E-state index is -0.490. The number of hydrogen-bond donors (Lipinski definition) is 0. The number of benzene rings is 8. The quantitative estimate of drug-likeness (QED) is 0.146. The molecule has 1 aromatic heterocycles.